The van der Waals surface area contributed by atoms with E-state index < -0.39 is 5.97 Å². The Hall–Kier alpha value is -2.04. The largest absolute Gasteiger partial charge is 0.481 e. The van der Waals surface area contributed by atoms with Crippen molar-refractivity contribution in [1.82, 2.24) is 5.32 Å². The van der Waals surface area contributed by atoms with Gasteiger partial charge in [-0.05, 0) is 18.6 Å². The van der Waals surface area contributed by atoms with Gasteiger partial charge < -0.3 is 15.7 Å². The van der Waals surface area contributed by atoms with Gasteiger partial charge in [0.05, 0.1) is 6.42 Å². The first-order valence-corrected chi connectivity index (χ1v) is 4.98. The highest BCUT2D eigenvalue weighted by Gasteiger charge is 2.08. The van der Waals surface area contributed by atoms with Crippen molar-refractivity contribution in [2.24, 2.45) is 0 Å². The highest BCUT2D eigenvalue weighted by Crippen LogP contribution is 2.15. The second-order valence-corrected chi connectivity index (χ2v) is 3.21. The maximum atomic E-state index is 11.3. The molecule has 5 heteroatoms. The van der Waals surface area contributed by atoms with Crippen LogP contribution in [0.15, 0.2) is 24.3 Å². The van der Waals surface area contributed by atoms with E-state index in [-0.39, 0.29) is 12.5 Å². The molecule has 0 saturated heterocycles. The molecule has 16 heavy (non-hydrogen) atoms. The molecule has 1 aromatic rings. The fraction of sp³-hybridized carbons (Fsp3) is 0.273. The number of rotatable bonds is 4. The number of carboxylic acids is 1. The number of aliphatic carboxylic acids is 1. The molecule has 0 radical (unpaired) electrons. The molecule has 2 amide bonds. The molecule has 0 saturated carbocycles. The third kappa shape index (κ3) is 3.61. The van der Waals surface area contributed by atoms with Gasteiger partial charge in [-0.25, -0.2) is 4.79 Å². The number of amides is 2. The van der Waals surface area contributed by atoms with E-state index in [1.165, 1.54) is 0 Å². The number of anilines is 1. The number of carbonyl (C=O) groups excluding carboxylic acids is 1. The smallest absolute Gasteiger partial charge is 0.319 e. The predicted octanol–water partition coefficient (Wildman–Crippen LogP) is 1.46. The fourth-order valence-electron chi connectivity index (χ4n) is 1.29. The van der Waals surface area contributed by atoms with Gasteiger partial charge >= 0.3 is 12.0 Å². The van der Waals surface area contributed by atoms with Gasteiger partial charge in [-0.3, -0.25) is 4.79 Å². The number of carbonyl (C=O) groups is 2. The van der Waals surface area contributed by atoms with Gasteiger partial charge in [-0.15, -0.1) is 0 Å². The molecule has 5 nitrogen and oxygen atoms in total. The Bertz CT molecular complexity index is 391. The summed E-state index contributed by atoms with van der Waals surface area (Å²) in [4.78, 5) is 21.9. The number of para-hydroxylation sites is 1. The number of hydrogen-bond donors (Lipinski definition) is 3. The Morgan fingerprint density at radius 1 is 1.31 bits per heavy atom. The lowest BCUT2D eigenvalue weighted by Gasteiger charge is -2.09. The topological polar surface area (TPSA) is 78.4 Å². The first-order chi connectivity index (χ1) is 7.63. The predicted molar refractivity (Wildman–Crippen MR) is 60.5 cm³/mol. The van der Waals surface area contributed by atoms with Crippen LogP contribution in [-0.2, 0) is 11.2 Å². The van der Waals surface area contributed by atoms with Crippen LogP contribution in [0.5, 0.6) is 0 Å². The van der Waals surface area contributed by atoms with Crippen molar-refractivity contribution in [2.75, 3.05) is 11.9 Å². The molecule has 0 aromatic heterocycles. The third-order valence-corrected chi connectivity index (χ3v) is 1.94. The van der Waals surface area contributed by atoms with Crippen LogP contribution in [0.3, 0.4) is 0 Å². The molecule has 86 valence electrons. The Labute approximate surface area is 93.5 Å². The molecule has 0 aliphatic rings. The summed E-state index contributed by atoms with van der Waals surface area (Å²) in [5.74, 6) is -0.926. The fourth-order valence-corrected chi connectivity index (χ4v) is 1.29. The van der Waals surface area contributed by atoms with E-state index in [9.17, 15) is 9.59 Å². The van der Waals surface area contributed by atoms with Crippen molar-refractivity contribution in [3.63, 3.8) is 0 Å². The summed E-state index contributed by atoms with van der Waals surface area (Å²) in [5.41, 5.74) is 1.11. The standard InChI is InChI=1S/C11H14N2O3/c1-2-12-11(16)13-9-6-4-3-5-8(9)7-10(14)15/h3-6H,2,7H2,1H3,(H,14,15)(H2,12,13,16). The number of urea groups is 1. The van der Waals surface area contributed by atoms with Crippen molar-refractivity contribution in [3.8, 4) is 0 Å². The zero-order valence-electron chi connectivity index (χ0n) is 8.99. The minimum Gasteiger partial charge on any atom is -0.481 e. The first kappa shape index (κ1) is 12.0. The lowest BCUT2D eigenvalue weighted by molar-refractivity contribution is -0.136. The van der Waals surface area contributed by atoms with Crippen LogP contribution < -0.4 is 10.6 Å². The molecule has 0 aliphatic heterocycles. The van der Waals surface area contributed by atoms with E-state index in [1.54, 1.807) is 24.3 Å². The van der Waals surface area contributed by atoms with Crippen LogP contribution in [0.1, 0.15) is 12.5 Å². The molecule has 0 unspecified atom stereocenters. The number of nitrogens with one attached hydrogen (secondary N) is 2. The summed E-state index contributed by atoms with van der Waals surface area (Å²) in [7, 11) is 0. The van der Waals surface area contributed by atoms with E-state index in [2.05, 4.69) is 10.6 Å². The average Bonchev–Trinajstić information content (AvgIpc) is 2.20. The van der Waals surface area contributed by atoms with Crippen LogP contribution in [0, 0.1) is 0 Å². The lowest BCUT2D eigenvalue weighted by Crippen LogP contribution is -2.28. The van der Waals surface area contributed by atoms with Gasteiger partial charge in [-0.2, -0.15) is 0 Å². The number of benzene rings is 1. The van der Waals surface area contributed by atoms with Gasteiger partial charge in [-0.1, -0.05) is 18.2 Å². The molecule has 0 heterocycles. The van der Waals surface area contributed by atoms with Crippen molar-refractivity contribution >= 4 is 17.7 Å². The molecular weight excluding hydrogens is 208 g/mol. The average molecular weight is 222 g/mol. The first-order valence-electron chi connectivity index (χ1n) is 4.98. The van der Waals surface area contributed by atoms with Gasteiger partial charge in [0.15, 0.2) is 0 Å². The maximum Gasteiger partial charge on any atom is 0.319 e. The van der Waals surface area contributed by atoms with E-state index in [0.29, 0.717) is 17.8 Å². The summed E-state index contributed by atoms with van der Waals surface area (Å²) in [6.45, 7) is 2.33. The second-order valence-electron chi connectivity index (χ2n) is 3.21. The maximum absolute atomic E-state index is 11.3. The molecule has 0 fully saturated rings. The van der Waals surface area contributed by atoms with Gasteiger partial charge in [0.1, 0.15) is 0 Å². The van der Waals surface area contributed by atoms with Crippen LogP contribution in [0.2, 0.25) is 0 Å². The Balaban J connectivity index is 2.78. The minimum absolute atomic E-state index is 0.109. The molecule has 0 spiro atoms. The zero-order chi connectivity index (χ0) is 12.0. The second kappa shape index (κ2) is 5.75. The van der Waals surface area contributed by atoms with Gasteiger partial charge in [0, 0.05) is 12.2 Å². The zero-order valence-corrected chi connectivity index (χ0v) is 8.99. The number of carboxylic acid groups (broad SMARTS) is 1. The monoisotopic (exact) mass is 222 g/mol. The molecule has 3 N–H and O–H groups in total. The van der Waals surface area contributed by atoms with Crippen molar-refractivity contribution in [3.05, 3.63) is 29.8 Å². The van der Waals surface area contributed by atoms with Crippen molar-refractivity contribution in [2.45, 2.75) is 13.3 Å². The Morgan fingerprint density at radius 2 is 2.00 bits per heavy atom. The van der Waals surface area contributed by atoms with E-state index in [4.69, 9.17) is 5.11 Å². The summed E-state index contributed by atoms with van der Waals surface area (Å²) in [6, 6.07) is 6.50. The van der Waals surface area contributed by atoms with Gasteiger partial charge in [0.25, 0.3) is 0 Å². The highest BCUT2D eigenvalue weighted by atomic mass is 16.4. The molecule has 0 bridgehead atoms. The SMILES string of the molecule is CCNC(=O)Nc1ccccc1CC(=O)O. The molecule has 0 atom stereocenters. The van der Waals surface area contributed by atoms with E-state index in [1.807, 2.05) is 6.92 Å². The molecule has 1 aromatic carbocycles. The summed E-state index contributed by atoms with van der Waals surface area (Å²) < 4.78 is 0. The molecule has 0 aliphatic carbocycles. The lowest BCUT2D eigenvalue weighted by atomic mass is 10.1. The van der Waals surface area contributed by atoms with Gasteiger partial charge in [0.2, 0.25) is 0 Å². The van der Waals surface area contributed by atoms with E-state index in [0.717, 1.165) is 0 Å². The summed E-state index contributed by atoms with van der Waals surface area (Å²) in [5, 5.41) is 13.9. The van der Waals surface area contributed by atoms with Crippen LogP contribution in [0.25, 0.3) is 0 Å². The van der Waals surface area contributed by atoms with Crippen LogP contribution in [0.4, 0.5) is 10.5 Å². The third-order valence-electron chi connectivity index (χ3n) is 1.94. The number of hydrogen-bond acceptors (Lipinski definition) is 2. The van der Waals surface area contributed by atoms with Crippen LogP contribution >= 0.6 is 0 Å². The van der Waals surface area contributed by atoms with E-state index >= 15 is 0 Å². The van der Waals surface area contributed by atoms with Crippen molar-refractivity contribution < 1.29 is 14.7 Å². The highest BCUT2D eigenvalue weighted by molar-refractivity contribution is 5.90. The minimum atomic E-state index is -0.926. The Morgan fingerprint density at radius 3 is 2.62 bits per heavy atom. The van der Waals surface area contributed by atoms with Crippen LogP contribution in [-0.4, -0.2) is 23.7 Å². The normalized spacial score (nSPS) is 9.56. The quantitative estimate of drug-likeness (QED) is 0.721. The Kier molecular flexibility index (Phi) is 4.32. The summed E-state index contributed by atoms with van der Waals surface area (Å²) in [6.07, 6.45) is -0.109. The molecular formula is C11H14N2O3. The summed E-state index contributed by atoms with van der Waals surface area (Å²) >= 11 is 0. The molecule has 1 rings (SSSR count). The van der Waals surface area contributed by atoms with Crippen molar-refractivity contribution in [1.29, 1.82) is 0 Å².